The average Bonchev–Trinajstić information content (AvgIpc) is 2.87. The van der Waals surface area contributed by atoms with Gasteiger partial charge in [0.2, 0.25) is 0 Å². The molecule has 0 aliphatic carbocycles. The topological polar surface area (TPSA) is 74.5 Å². The number of hydrogen-bond donors (Lipinski definition) is 2. The van der Waals surface area contributed by atoms with Crippen LogP contribution in [0.3, 0.4) is 0 Å². The van der Waals surface area contributed by atoms with Crippen molar-refractivity contribution in [3.63, 3.8) is 0 Å². The van der Waals surface area contributed by atoms with Crippen LogP contribution in [0.25, 0.3) is 0 Å². The first-order chi connectivity index (χ1) is 16.5. The van der Waals surface area contributed by atoms with Gasteiger partial charge >= 0.3 is 0 Å². The van der Waals surface area contributed by atoms with Gasteiger partial charge in [-0.15, -0.1) is 0 Å². The van der Waals surface area contributed by atoms with Gasteiger partial charge in [-0.25, -0.2) is 0 Å². The van der Waals surface area contributed by atoms with Crippen LogP contribution in [-0.4, -0.2) is 47.9 Å². The molecule has 0 atom stereocenters. The van der Waals surface area contributed by atoms with E-state index < -0.39 is 0 Å². The highest BCUT2D eigenvalue weighted by molar-refractivity contribution is 5.93. The zero-order chi connectivity index (χ0) is 24.3. The van der Waals surface area contributed by atoms with Crippen molar-refractivity contribution in [2.24, 2.45) is 11.7 Å². The number of benzene rings is 1. The smallest absolute Gasteiger partial charge is 0.251 e. The van der Waals surface area contributed by atoms with Crippen LogP contribution in [-0.2, 0) is 13.1 Å². The number of aromatic nitrogens is 1. The summed E-state index contributed by atoms with van der Waals surface area (Å²) < 4.78 is 0. The Hall–Kier alpha value is -3.38. The number of piperidine rings is 1. The maximum atomic E-state index is 11.7. The molecule has 0 unspecified atom stereocenters. The van der Waals surface area contributed by atoms with Gasteiger partial charge in [0.05, 0.1) is 0 Å². The fourth-order valence-corrected chi connectivity index (χ4v) is 4.28. The normalized spacial score (nSPS) is 16.1. The minimum Gasteiger partial charge on any atom is -0.404 e. The second-order valence-electron chi connectivity index (χ2n) is 8.97. The van der Waals surface area contributed by atoms with Gasteiger partial charge < -0.3 is 16.0 Å². The van der Waals surface area contributed by atoms with Crippen LogP contribution in [0.1, 0.15) is 41.3 Å². The van der Waals surface area contributed by atoms with Crippen molar-refractivity contribution in [1.82, 2.24) is 20.1 Å². The van der Waals surface area contributed by atoms with Crippen molar-refractivity contribution < 1.29 is 4.79 Å². The SMILES string of the molecule is CNC(=O)c1ccc(CN(C)\C=C/C(C)=C/C(=C\N)C2CCN(Cc3cccnc3)CC2)cc1. The van der Waals surface area contributed by atoms with Crippen molar-refractivity contribution in [2.75, 3.05) is 27.2 Å². The van der Waals surface area contributed by atoms with E-state index in [0.29, 0.717) is 11.5 Å². The average molecular weight is 460 g/mol. The zero-order valence-corrected chi connectivity index (χ0v) is 20.6. The second kappa shape index (κ2) is 12.8. The minimum absolute atomic E-state index is 0.0662. The van der Waals surface area contributed by atoms with E-state index in [1.807, 2.05) is 49.8 Å². The second-order valence-corrected chi connectivity index (χ2v) is 8.97. The van der Waals surface area contributed by atoms with Crippen molar-refractivity contribution >= 4 is 5.91 Å². The number of rotatable bonds is 9. The number of nitrogens with two attached hydrogens (primary N) is 1. The Bertz CT molecular complexity index is 1000. The molecule has 1 amide bonds. The number of carbonyl (C=O) groups excluding carboxylic acids is 1. The van der Waals surface area contributed by atoms with Crippen molar-refractivity contribution in [3.05, 3.63) is 101 Å². The first-order valence-corrected chi connectivity index (χ1v) is 11.9. The van der Waals surface area contributed by atoms with Crippen LogP contribution in [0.4, 0.5) is 0 Å². The summed E-state index contributed by atoms with van der Waals surface area (Å²) in [5.41, 5.74) is 11.5. The summed E-state index contributed by atoms with van der Waals surface area (Å²) in [6, 6.07) is 11.8. The molecule has 6 nitrogen and oxygen atoms in total. The maximum absolute atomic E-state index is 11.7. The van der Waals surface area contributed by atoms with Gasteiger partial charge in [0, 0.05) is 45.1 Å². The third-order valence-corrected chi connectivity index (χ3v) is 6.24. The number of allylic oxidation sites excluding steroid dienone is 4. The number of amides is 1. The molecule has 2 aromatic rings. The fourth-order valence-electron chi connectivity index (χ4n) is 4.28. The molecule has 2 heterocycles. The Labute approximate surface area is 203 Å². The Morgan fingerprint density at radius 3 is 2.56 bits per heavy atom. The highest BCUT2D eigenvalue weighted by Gasteiger charge is 2.21. The molecule has 1 aliphatic heterocycles. The molecule has 1 aromatic heterocycles. The largest absolute Gasteiger partial charge is 0.404 e. The molecule has 3 rings (SSSR count). The number of hydrogen-bond acceptors (Lipinski definition) is 5. The van der Waals surface area contributed by atoms with E-state index in [9.17, 15) is 4.79 Å². The summed E-state index contributed by atoms with van der Waals surface area (Å²) in [5.74, 6) is 0.429. The minimum atomic E-state index is -0.0662. The van der Waals surface area contributed by atoms with Crippen LogP contribution >= 0.6 is 0 Å². The lowest BCUT2D eigenvalue weighted by molar-refractivity contribution is 0.0963. The fraction of sp³-hybridized carbons (Fsp3) is 0.357. The summed E-state index contributed by atoms with van der Waals surface area (Å²) in [6.07, 6.45) is 14.2. The van der Waals surface area contributed by atoms with Gasteiger partial charge in [-0.2, -0.15) is 0 Å². The van der Waals surface area contributed by atoms with Gasteiger partial charge in [0.25, 0.3) is 5.91 Å². The molecule has 1 saturated heterocycles. The molecule has 1 aliphatic rings. The van der Waals surface area contributed by atoms with E-state index >= 15 is 0 Å². The summed E-state index contributed by atoms with van der Waals surface area (Å²) in [7, 11) is 3.69. The van der Waals surface area contributed by atoms with Gasteiger partial charge in [0.15, 0.2) is 0 Å². The van der Waals surface area contributed by atoms with Crippen molar-refractivity contribution in [3.8, 4) is 0 Å². The third kappa shape index (κ3) is 7.59. The highest BCUT2D eigenvalue weighted by Crippen LogP contribution is 2.27. The number of carbonyl (C=O) groups is 1. The van der Waals surface area contributed by atoms with E-state index in [1.54, 1.807) is 13.2 Å². The standard InChI is InChI=1S/C28H37N5O/c1-22(10-14-32(3)20-23-6-8-26(9-7-23)28(34)30-2)17-27(18-29)25-11-15-33(16-12-25)21-24-5-4-13-31-19-24/h4-10,13-14,17-19,25H,11-12,15-16,20-21,29H2,1-3H3,(H,30,34)/b14-10-,22-17+,27-18+. The summed E-state index contributed by atoms with van der Waals surface area (Å²) >= 11 is 0. The first kappa shape index (κ1) is 25.2. The molecular weight excluding hydrogens is 422 g/mol. The number of pyridine rings is 1. The molecule has 0 saturated carbocycles. The van der Waals surface area contributed by atoms with Crippen LogP contribution in [0, 0.1) is 5.92 Å². The van der Waals surface area contributed by atoms with Gasteiger partial charge in [-0.05, 0) is 97.7 Å². The molecule has 0 bridgehead atoms. The molecule has 1 aromatic carbocycles. The van der Waals surface area contributed by atoms with E-state index in [1.165, 1.54) is 16.7 Å². The Balaban J connectivity index is 1.49. The van der Waals surface area contributed by atoms with Crippen LogP contribution in [0.15, 0.2) is 84.5 Å². The molecular formula is C28H37N5O. The Kier molecular flexibility index (Phi) is 9.47. The molecule has 180 valence electrons. The van der Waals surface area contributed by atoms with Gasteiger partial charge in [0.1, 0.15) is 0 Å². The molecule has 6 heteroatoms. The number of likely N-dealkylation sites (tertiary alicyclic amines) is 1. The Morgan fingerprint density at radius 2 is 1.94 bits per heavy atom. The van der Waals surface area contributed by atoms with Crippen LogP contribution in [0.5, 0.6) is 0 Å². The molecule has 0 radical (unpaired) electrons. The number of nitrogens with zero attached hydrogens (tertiary/aromatic N) is 3. The molecule has 0 spiro atoms. The van der Waals surface area contributed by atoms with E-state index in [2.05, 4.69) is 51.4 Å². The summed E-state index contributed by atoms with van der Waals surface area (Å²) in [5, 5.41) is 2.65. The number of nitrogens with one attached hydrogen (secondary N) is 1. The third-order valence-electron chi connectivity index (χ3n) is 6.24. The predicted octanol–water partition coefficient (Wildman–Crippen LogP) is 4.09. The van der Waals surface area contributed by atoms with E-state index in [-0.39, 0.29) is 5.91 Å². The predicted molar refractivity (Wildman–Crippen MR) is 139 cm³/mol. The monoisotopic (exact) mass is 459 g/mol. The van der Waals surface area contributed by atoms with Crippen LogP contribution in [0.2, 0.25) is 0 Å². The van der Waals surface area contributed by atoms with Crippen molar-refractivity contribution in [2.45, 2.75) is 32.9 Å². The summed E-state index contributed by atoms with van der Waals surface area (Å²) in [6.45, 7) is 5.99. The Morgan fingerprint density at radius 1 is 1.21 bits per heavy atom. The maximum Gasteiger partial charge on any atom is 0.251 e. The zero-order valence-electron chi connectivity index (χ0n) is 20.6. The quantitative estimate of drug-likeness (QED) is 0.553. The van der Waals surface area contributed by atoms with Gasteiger partial charge in [-0.3, -0.25) is 14.7 Å². The lowest BCUT2D eigenvalue weighted by Crippen LogP contribution is -2.33. The molecule has 3 N–H and O–H groups in total. The van der Waals surface area contributed by atoms with Crippen molar-refractivity contribution in [1.29, 1.82) is 0 Å². The molecule has 1 fully saturated rings. The summed E-state index contributed by atoms with van der Waals surface area (Å²) in [4.78, 5) is 20.5. The van der Waals surface area contributed by atoms with E-state index in [0.717, 1.165) is 44.6 Å². The first-order valence-electron chi connectivity index (χ1n) is 11.9. The van der Waals surface area contributed by atoms with Gasteiger partial charge in [-0.1, -0.05) is 24.3 Å². The van der Waals surface area contributed by atoms with E-state index in [4.69, 9.17) is 5.73 Å². The lowest BCUT2D eigenvalue weighted by Gasteiger charge is -2.32. The molecule has 34 heavy (non-hydrogen) atoms. The highest BCUT2D eigenvalue weighted by atomic mass is 16.1. The lowest BCUT2D eigenvalue weighted by atomic mass is 9.88. The van der Waals surface area contributed by atoms with Crippen LogP contribution < -0.4 is 11.1 Å².